The number of nitriles is 1. The lowest BCUT2D eigenvalue weighted by Crippen LogP contribution is -2.49. The molecule has 6 nitrogen and oxygen atoms in total. The van der Waals surface area contributed by atoms with Gasteiger partial charge in [-0.15, -0.1) is 0 Å². The smallest absolute Gasteiger partial charge is 0.234 e. The number of nitrogens with one attached hydrogen (secondary N) is 1. The summed E-state index contributed by atoms with van der Waals surface area (Å²) in [7, 11) is 2.13. The minimum Gasteiger partial charge on any atom is -0.352 e. The molecule has 0 unspecified atom stereocenters. The lowest BCUT2D eigenvalue weighted by molar-refractivity contribution is -0.123. The van der Waals surface area contributed by atoms with Crippen molar-refractivity contribution in [1.29, 1.82) is 5.26 Å². The maximum Gasteiger partial charge on any atom is 0.234 e. The van der Waals surface area contributed by atoms with E-state index in [9.17, 15) is 10.1 Å². The van der Waals surface area contributed by atoms with E-state index >= 15 is 0 Å². The van der Waals surface area contributed by atoms with Crippen LogP contribution in [0.1, 0.15) is 43.2 Å². The summed E-state index contributed by atoms with van der Waals surface area (Å²) in [6.07, 6.45) is 4.90. The minimum absolute atomic E-state index is 0.142. The number of likely N-dealkylation sites (tertiary alicyclic amines) is 2. The Hall–Kier alpha value is -2.49. The van der Waals surface area contributed by atoms with Gasteiger partial charge in [0.05, 0.1) is 17.6 Å². The third kappa shape index (κ3) is 4.63. The molecule has 0 aliphatic carbocycles. The Morgan fingerprint density at radius 3 is 2.83 bits per heavy atom. The van der Waals surface area contributed by atoms with Crippen LogP contribution in [0.3, 0.4) is 0 Å². The van der Waals surface area contributed by atoms with E-state index in [0.29, 0.717) is 30.0 Å². The second-order valence-electron chi connectivity index (χ2n) is 9.09. The van der Waals surface area contributed by atoms with Gasteiger partial charge in [-0.2, -0.15) is 5.26 Å². The summed E-state index contributed by atoms with van der Waals surface area (Å²) in [5, 5.41) is 13.7. The molecular weight excluding hydrogens is 374 g/mol. The van der Waals surface area contributed by atoms with Gasteiger partial charge in [-0.25, -0.2) is 0 Å². The van der Waals surface area contributed by atoms with Crippen LogP contribution < -0.4 is 5.32 Å². The third-order valence-electron chi connectivity index (χ3n) is 6.55. The largest absolute Gasteiger partial charge is 0.352 e. The van der Waals surface area contributed by atoms with Crippen molar-refractivity contribution < 1.29 is 4.79 Å². The Balaban J connectivity index is 1.46. The monoisotopic (exact) mass is 405 g/mol. The molecule has 2 saturated heterocycles. The molecule has 2 aliphatic heterocycles. The summed E-state index contributed by atoms with van der Waals surface area (Å²) in [6, 6.07) is 10.5. The fourth-order valence-corrected chi connectivity index (χ4v) is 5.09. The van der Waals surface area contributed by atoms with Crippen molar-refractivity contribution in [2.45, 2.75) is 38.1 Å². The van der Waals surface area contributed by atoms with Gasteiger partial charge in [-0.05, 0) is 68.9 Å². The molecule has 1 amide bonds. The molecule has 2 aliphatic rings. The van der Waals surface area contributed by atoms with Gasteiger partial charge in [0.25, 0.3) is 0 Å². The molecule has 1 aromatic heterocycles. The van der Waals surface area contributed by atoms with Crippen LogP contribution in [-0.4, -0.2) is 66.5 Å². The highest BCUT2D eigenvalue weighted by molar-refractivity contribution is 5.87. The molecule has 4 rings (SSSR count). The van der Waals surface area contributed by atoms with Crippen LogP contribution in [0.2, 0.25) is 0 Å². The maximum absolute atomic E-state index is 12.7. The van der Waals surface area contributed by atoms with Crippen LogP contribution in [-0.2, 0) is 4.79 Å². The van der Waals surface area contributed by atoms with Crippen LogP contribution in [0, 0.1) is 17.2 Å². The van der Waals surface area contributed by atoms with Crippen LogP contribution in [0.15, 0.2) is 30.5 Å². The number of fused-ring (bicyclic) bond motifs is 1. The van der Waals surface area contributed by atoms with E-state index in [-0.39, 0.29) is 5.91 Å². The lowest BCUT2D eigenvalue weighted by atomic mass is 9.83. The molecule has 158 valence electrons. The van der Waals surface area contributed by atoms with Crippen molar-refractivity contribution in [3.05, 3.63) is 41.6 Å². The van der Waals surface area contributed by atoms with E-state index in [1.165, 1.54) is 5.56 Å². The second kappa shape index (κ2) is 9.11. The Morgan fingerprint density at radius 2 is 2.07 bits per heavy atom. The minimum atomic E-state index is 0.142. The number of aromatic nitrogens is 1. The van der Waals surface area contributed by atoms with Crippen molar-refractivity contribution in [3.8, 4) is 6.07 Å². The predicted octanol–water partition coefficient (Wildman–Crippen LogP) is 2.74. The molecule has 1 aromatic carbocycles. The van der Waals surface area contributed by atoms with Crippen LogP contribution in [0.25, 0.3) is 10.9 Å². The number of rotatable bonds is 4. The first-order chi connectivity index (χ1) is 14.5. The number of hydrogen-bond acceptors (Lipinski definition) is 5. The fraction of sp³-hybridized carbons (Fsp3) is 0.542. The summed E-state index contributed by atoms with van der Waals surface area (Å²) in [6.45, 7) is 6.63. The van der Waals surface area contributed by atoms with E-state index in [0.717, 1.165) is 56.3 Å². The summed E-state index contributed by atoms with van der Waals surface area (Å²) in [5.41, 5.74) is 2.64. The average Bonchev–Trinajstić information content (AvgIpc) is 2.74. The molecule has 3 heterocycles. The van der Waals surface area contributed by atoms with Gasteiger partial charge in [0, 0.05) is 30.7 Å². The summed E-state index contributed by atoms with van der Waals surface area (Å²) in [5.74, 6) is 0.996. The molecule has 0 bridgehead atoms. The molecule has 1 N–H and O–H groups in total. The summed E-state index contributed by atoms with van der Waals surface area (Å²) >= 11 is 0. The Morgan fingerprint density at radius 1 is 1.27 bits per heavy atom. The molecule has 30 heavy (non-hydrogen) atoms. The number of pyridine rings is 1. The number of hydrogen-bond donors (Lipinski definition) is 1. The molecule has 2 fully saturated rings. The molecule has 0 spiro atoms. The molecule has 0 radical (unpaired) electrons. The zero-order valence-corrected chi connectivity index (χ0v) is 18.0. The average molecular weight is 406 g/mol. The van der Waals surface area contributed by atoms with Crippen molar-refractivity contribution in [2.75, 3.05) is 39.8 Å². The lowest BCUT2D eigenvalue weighted by Gasteiger charge is -2.37. The first-order valence-electron chi connectivity index (χ1n) is 11.0. The number of piperidine rings is 2. The molecular formula is C24H31N5O. The van der Waals surface area contributed by atoms with Crippen LogP contribution >= 0.6 is 0 Å². The summed E-state index contributed by atoms with van der Waals surface area (Å²) < 4.78 is 0. The van der Waals surface area contributed by atoms with Crippen molar-refractivity contribution in [3.63, 3.8) is 0 Å². The Kier molecular flexibility index (Phi) is 6.31. The number of amides is 1. The summed E-state index contributed by atoms with van der Waals surface area (Å²) in [4.78, 5) is 21.8. The highest BCUT2D eigenvalue weighted by atomic mass is 16.2. The predicted molar refractivity (Wildman–Crippen MR) is 118 cm³/mol. The van der Waals surface area contributed by atoms with Gasteiger partial charge in [-0.1, -0.05) is 19.1 Å². The van der Waals surface area contributed by atoms with Gasteiger partial charge >= 0.3 is 0 Å². The zero-order chi connectivity index (χ0) is 21.1. The Bertz CT molecular complexity index is 944. The van der Waals surface area contributed by atoms with E-state index < -0.39 is 0 Å². The van der Waals surface area contributed by atoms with Crippen molar-refractivity contribution in [2.24, 2.45) is 5.92 Å². The van der Waals surface area contributed by atoms with Crippen LogP contribution in [0.5, 0.6) is 0 Å². The normalized spacial score (nSPS) is 23.9. The molecule has 6 heteroatoms. The van der Waals surface area contributed by atoms with E-state index in [4.69, 9.17) is 0 Å². The van der Waals surface area contributed by atoms with Gasteiger partial charge in [0.1, 0.15) is 6.07 Å². The number of nitrogens with zero attached hydrogens (tertiary/aromatic N) is 4. The van der Waals surface area contributed by atoms with Gasteiger partial charge < -0.3 is 10.2 Å². The number of carbonyl (C=O) groups is 1. The SMILES string of the molecule is C[C@@H]1C[C@H](c2ccc(C#N)c3ncccc23)CN(CC(=O)NC2CCN(C)CC2)C1. The highest BCUT2D eigenvalue weighted by Gasteiger charge is 2.29. The van der Waals surface area contributed by atoms with E-state index in [1.54, 1.807) is 6.20 Å². The highest BCUT2D eigenvalue weighted by Crippen LogP contribution is 2.34. The first-order valence-corrected chi connectivity index (χ1v) is 11.0. The maximum atomic E-state index is 12.7. The van der Waals surface area contributed by atoms with Gasteiger partial charge in [-0.3, -0.25) is 14.7 Å². The standard InChI is InChI=1S/C24H31N5O/c1-17-12-19(21-6-5-18(13-25)24-22(21)4-3-9-26-24)15-29(14-17)16-23(30)27-20-7-10-28(2)11-8-20/h3-6,9,17,19-20H,7-8,10-12,14-16H2,1-2H3,(H,27,30)/t17-,19+/m1/s1. The van der Waals surface area contributed by atoms with Gasteiger partial charge in [0.15, 0.2) is 0 Å². The number of carbonyl (C=O) groups excluding carboxylic acids is 1. The topological polar surface area (TPSA) is 72.3 Å². The zero-order valence-electron chi connectivity index (χ0n) is 18.0. The second-order valence-corrected chi connectivity index (χ2v) is 9.09. The molecule has 2 aromatic rings. The third-order valence-corrected chi connectivity index (χ3v) is 6.55. The van der Waals surface area contributed by atoms with Crippen LogP contribution in [0.4, 0.5) is 0 Å². The molecule has 0 saturated carbocycles. The van der Waals surface area contributed by atoms with Crippen molar-refractivity contribution in [1.82, 2.24) is 20.1 Å². The van der Waals surface area contributed by atoms with Crippen molar-refractivity contribution >= 4 is 16.8 Å². The Labute approximate surface area is 178 Å². The first kappa shape index (κ1) is 20.8. The van der Waals surface area contributed by atoms with Gasteiger partial charge in [0.2, 0.25) is 5.91 Å². The fourth-order valence-electron chi connectivity index (χ4n) is 5.09. The number of benzene rings is 1. The molecule has 2 atom stereocenters. The van der Waals surface area contributed by atoms with E-state index in [2.05, 4.69) is 52.3 Å². The quantitative estimate of drug-likeness (QED) is 0.847. The van der Waals surface area contributed by atoms with E-state index in [1.807, 2.05) is 12.1 Å².